The first-order chi connectivity index (χ1) is 7.40. The van der Waals surface area contributed by atoms with E-state index in [0.717, 1.165) is 36.2 Å². The lowest BCUT2D eigenvalue weighted by atomic mass is 10.2. The van der Waals surface area contributed by atoms with E-state index < -0.39 is 0 Å². The predicted molar refractivity (Wildman–Crippen MR) is 60.7 cm³/mol. The molecule has 1 fully saturated rings. The Kier molecular flexibility index (Phi) is 4.02. The maximum atomic E-state index is 5.24. The molecular formula is C10H17N3OS. The van der Waals surface area contributed by atoms with Gasteiger partial charge in [-0.3, -0.25) is 0 Å². The predicted octanol–water partition coefficient (Wildman–Crippen LogP) is 2.14. The highest BCUT2D eigenvalue weighted by atomic mass is 32.2. The van der Waals surface area contributed by atoms with Crippen molar-refractivity contribution < 1.29 is 4.52 Å². The smallest absolute Gasteiger partial charge is 0.243 e. The fourth-order valence-corrected chi connectivity index (χ4v) is 2.40. The van der Waals surface area contributed by atoms with E-state index in [4.69, 9.17) is 4.52 Å². The Hall–Kier alpha value is -0.550. The molecule has 0 spiro atoms. The summed E-state index contributed by atoms with van der Waals surface area (Å²) in [5.74, 6) is 3.62. The Balaban J connectivity index is 1.86. The first-order valence-electron chi connectivity index (χ1n) is 5.53. The molecule has 0 radical (unpaired) electrons. The molecular weight excluding hydrogens is 210 g/mol. The number of aromatic nitrogens is 2. The van der Waals surface area contributed by atoms with Crippen LogP contribution in [0.25, 0.3) is 0 Å². The highest BCUT2D eigenvalue weighted by Gasteiger charge is 2.21. The van der Waals surface area contributed by atoms with Gasteiger partial charge in [0.1, 0.15) is 0 Å². The number of rotatable bonds is 5. The van der Waals surface area contributed by atoms with Crippen molar-refractivity contribution in [3.8, 4) is 0 Å². The molecule has 5 heteroatoms. The van der Waals surface area contributed by atoms with Crippen LogP contribution in [0.4, 0.5) is 0 Å². The first-order valence-corrected chi connectivity index (χ1v) is 6.69. The van der Waals surface area contributed by atoms with Crippen molar-refractivity contribution in [2.45, 2.75) is 38.0 Å². The molecule has 1 aliphatic rings. The van der Waals surface area contributed by atoms with Crippen molar-refractivity contribution in [3.05, 3.63) is 11.7 Å². The van der Waals surface area contributed by atoms with Gasteiger partial charge in [0.15, 0.2) is 5.82 Å². The van der Waals surface area contributed by atoms with E-state index in [1.807, 2.05) is 11.8 Å². The Bertz CT molecular complexity index is 297. The summed E-state index contributed by atoms with van der Waals surface area (Å²) < 4.78 is 5.24. The molecule has 0 aromatic carbocycles. The van der Waals surface area contributed by atoms with E-state index in [9.17, 15) is 0 Å². The summed E-state index contributed by atoms with van der Waals surface area (Å²) in [5.41, 5.74) is 0. The number of hydrogen-bond donors (Lipinski definition) is 1. The minimum Gasteiger partial charge on any atom is -0.338 e. The van der Waals surface area contributed by atoms with Crippen LogP contribution in [0.2, 0.25) is 0 Å². The van der Waals surface area contributed by atoms with Gasteiger partial charge in [0, 0.05) is 0 Å². The molecule has 1 saturated heterocycles. The zero-order chi connectivity index (χ0) is 10.5. The van der Waals surface area contributed by atoms with Gasteiger partial charge in [-0.15, -0.1) is 0 Å². The molecule has 1 N–H and O–H groups in total. The number of thioether (sulfide) groups is 1. The van der Waals surface area contributed by atoms with E-state index in [1.54, 1.807) is 0 Å². The van der Waals surface area contributed by atoms with Crippen molar-refractivity contribution in [2.75, 3.05) is 12.3 Å². The molecule has 1 aromatic heterocycles. The zero-order valence-electron chi connectivity index (χ0n) is 9.03. The van der Waals surface area contributed by atoms with Crippen LogP contribution in [0, 0.1) is 0 Å². The van der Waals surface area contributed by atoms with Crippen molar-refractivity contribution in [3.63, 3.8) is 0 Å². The average molecular weight is 227 g/mol. The van der Waals surface area contributed by atoms with Gasteiger partial charge in [0.2, 0.25) is 5.89 Å². The normalized spacial score (nSPS) is 21.0. The largest absolute Gasteiger partial charge is 0.338 e. The van der Waals surface area contributed by atoms with Gasteiger partial charge in [0.25, 0.3) is 0 Å². The first kappa shape index (κ1) is 11.0. The molecule has 15 heavy (non-hydrogen) atoms. The van der Waals surface area contributed by atoms with Crippen molar-refractivity contribution in [1.29, 1.82) is 0 Å². The molecule has 4 nitrogen and oxygen atoms in total. The highest BCUT2D eigenvalue weighted by Crippen LogP contribution is 2.22. The third kappa shape index (κ3) is 2.95. The second-order valence-corrected chi connectivity index (χ2v) is 4.86. The number of nitrogens with zero attached hydrogens (tertiary/aromatic N) is 2. The van der Waals surface area contributed by atoms with Gasteiger partial charge in [-0.05, 0) is 31.6 Å². The molecule has 1 aliphatic heterocycles. The topological polar surface area (TPSA) is 51.0 Å². The maximum Gasteiger partial charge on any atom is 0.243 e. The minimum absolute atomic E-state index is 0.294. The maximum absolute atomic E-state index is 5.24. The summed E-state index contributed by atoms with van der Waals surface area (Å²) in [6.07, 6.45) is 3.51. The van der Waals surface area contributed by atoms with Gasteiger partial charge in [-0.25, -0.2) is 0 Å². The second kappa shape index (κ2) is 5.51. The van der Waals surface area contributed by atoms with Crippen LogP contribution in [-0.2, 0) is 5.75 Å². The van der Waals surface area contributed by atoms with Crippen LogP contribution in [0.3, 0.4) is 0 Å². The molecule has 0 unspecified atom stereocenters. The molecule has 2 rings (SSSR count). The Morgan fingerprint density at radius 3 is 3.27 bits per heavy atom. The van der Waals surface area contributed by atoms with Gasteiger partial charge in [-0.1, -0.05) is 12.1 Å². The number of hydrogen-bond acceptors (Lipinski definition) is 5. The van der Waals surface area contributed by atoms with E-state index in [-0.39, 0.29) is 0 Å². The monoisotopic (exact) mass is 227 g/mol. The molecule has 84 valence electrons. The Morgan fingerprint density at radius 1 is 1.60 bits per heavy atom. The van der Waals surface area contributed by atoms with Gasteiger partial charge in [0.05, 0.1) is 11.8 Å². The van der Waals surface area contributed by atoms with Crippen LogP contribution in [0.5, 0.6) is 0 Å². The van der Waals surface area contributed by atoms with E-state index in [1.165, 1.54) is 12.8 Å². The molecule has 0 amide bonds. The fraction of sp³-hybridized carbons (Fsp3) is 0.800. The quantitative estimate of drug-likeness (QED) is 0.781. The van der Waals surface area contributed by atoms with E-state index in [0.29, 0.717) is 6.04 Å². The molecule has 0 aliphatic carbocycles. The van der Waals surface area contributed by atoms with E-state index in [2.05, 4.69) is 22.4 Å². The third-order valence-corrected chi connectivity index (χ3v) is 3.58. The molecule has 1 aromatic rings. The highest BCUT2D eigenvalue weighted by molar-refractivity contribution is 7.98. The fourth-order valence-electron chi connectivity index (χ4n) is 1.67. The Morgan fingerprint density at radius 2 is 2.53 bits per heavy atom. The lowest BCUT2D eigenvalue weighted by Gasteiger charge is -2.01. The SMILES string of the molecule is CCCSCc1noc([C@H]2CCCN2)n1. The average Bonchev–Trinajstić information content (AvgIpc) is 2.87. The van der Waals surface area contributed by atoms with Gasteiger partial charge >= 0.3 is 0 Å². The summed E-state index contributed by atoms with van der Waals surface area (Å²) in [6, 6.07) is 0.294. The Labute approximate surface area is 94.2 Å². The van der Waals surface area contributed by atoms with Gasteiger partial charge < -0.3 is 9.84 Å². The summed E-state index contributed by atoms with van der Waals surface area (Å²) >= 11 is 1.86. The van der Waals surface area contributed by atoms with Crippen molar-refractivity contribution in [1.82, 2.24) is 15.5 Å². The van der Waals surface area contributed by atoms with Crippen LogP contribution >= 0.6 is 11.8 Å². The van der Waals surface area contributed by atoms with Crippen molar-refractivity contribution in [2.24, 2.45) is 0 Å². The number of nitrogens with one attached hydrogen (secondary N) is 1. The lowest BCUT2D eigenvalue weighted by molar-refractivity contribution is 0.342. The summed E-state index contributed by atoms with van der Waals surface area (Å²) in [5, 5.41) is 7.34. The lowest BCUT2D eigenvalue weighted by Crippen LogP contribution is -2.13. The zero-order valence-corrected chi connectivity index (χ0v) is 9.85. The van der Waals surface area contributed by atoms with Crippen molar-refractivity contribution >= 4 is 11.8 Å². The molecule has 0 bridgehead atoms. The van der Waals surface area contributed by atoms with Crippen LogP contribution in [-0.4, -0.2) is 22.4 Å². The minimum atomic E-state index is 0.294. The van der Waals surface area contributed by atoms with Gasteiger partial charge in [-0.2, -0.15) is 16.7 Å². The summed E-state index contributed by atoms with van der Waals surface area (Å²) in [7, 11) is 0. The van der Waals surface area contributed by atoms with Crippen LogP contribution in [0.1, 0.15) is 43.9 Å². The standard InChI is InChI=1S/C10H17N3OS/c1-2-6-15-7-9-12-10(14-13-9)8-4-3-5-11-8/h8,11H,2-7H2,1H3/t8-/m1/s1. The van der Waals surface area contributed by atoms with E-state index >= 15 is 0 Å². The molecule has 2 heterocycles. The third-order valence-electron chi connectivity index (χ3n) is 2.42. The van der Waals surface area contributed by atoms with Crippen LogP contribution < -0.4 is 5.32 Å². The molecule has 0 saturated carbocycles. The second-order valence-electron chi connectivity index (χ2n) is 3.75. The summed E-state index contributed by atoms with van der Waals surface area (Å²) in [6.45, 7) is 3.24. The van der Waals surface area contributed by atoms with Crippen LogP contribution in [0.15, 0.2) is 4.52 Å². The molecule has 1 atom stereocenters. The summed E-state index contributed by atoms with van der Waals surface area (Å²) in [4.78, 5) is 4.40.